The van der Waals surface area contributed by atoms with E-state index in [1.807, 2.05) is 62.6 Å². The minimum Gasteiger partial charge on any atom is -0.391 e. The first-order chi connectivity index (χ1) is 22.2. The number of ketones is 1. The van der Waals surface area contributed by atoms with Gasteiger partial charge in [-0.1, -0.05) is 71.9 Å². The van der Waals surface area contributed by atoms with Gasteiger partial charge in [-0.2, -0.15) is 12.6 Å². The second kappa shape index (κ2) is 21.4. The quantitative estimate of drug-likeness (QED) is 0.0844. The Hall–Kier alpha value is -2.43. The molecule has 3 aromatic rings. The lowest BCUT2D eigenvalue weighted by molar-refractivity contribution is -0.176. The maximum atomic E-state index is 14.0. The minimum atomic E-state index is -0.693. The molecule has 0 radical (unpaired) electrons. The van der Waals surface area contributed by atoms with Crippen LogP contribution in [0.25, 0.3) is 11.1 Å². The van der Waals surface area contributed by atoms with E-state index < -0.39 is 18.2 Å². The predicted octanol–water partition coefficient (Wildman–Crippen LogP) is 10.6. The Bertz CT molecular complexity index is 1340. The number of fused-ring (bicyclic) bond motifs is 3. The maximum absolute atomic E-state index is 14.0. The summed E-state index contributed by atoms with van der Waals surface area (Å²) in [4.78, 5) is 15.7. The van der Waals surface area contributed by atoms with Crippen LogP contribution in [0.4, 0.5) is 14.5 Å². The fourth-order valence-corrected chi connectivity index (χ4v) is 6.82. The van der Waals surface area contributed by atoms with Gasteiger partial charge in [-0.25, -0.2) is 8.78 Å². The van der Waals surface area contributed by atoms with Crippen molar-refractivity contribution in [1.82, 2.24) is 0 Å². The van der Waals surface area contributed by atoms with Crippen LogP contribution in [-0.4, -0.2) is 46.0 Å². The fourth-order valence-electron chi connectivity index (χ4n) is 5.63. The van der Waals surface area contributed by atoms with E-state index in [0.717, 1.165) is 48.2 Å². The van der Waals surface area contributed by atoms with Gasteiger partial charge in [0.25, 0.3) is 0 Å². The monoisotopic (exact) mass is 677 g/mol. The summed E-state index contributed by atoms with van der Waals surface area (Å²) < 4.78 is 27.2. The Morgan fingerprint density at radius 1 is 0.870 bits per heavy atom. The average Bonchev–Trinajstić information content (AvgIpc) is 3.36. The number of hydrogen-bond acceptors (Lipinski definition) is 7. The van der Waals surface area contributed by atoms with Crippen molar-refractivity contribution in [3.8, 4) is 11.1 Å². The van der Waals surface area contributed by atoms with Crippen molar-refractivity contribution in [2.24, 2.45) is 5.41 Å². The van der Waals surface area contributed by atoms with Crippen molar-refractivity contribution in [2.45, 2.75) is 96.8 Å². The molecule has 0 saturated heterocycles. The summed E-state index contributed by atoms with van der Waals surface area (Å²) >= 11 is 5.49. The Balaban J connectivity index is 0.000000411. The molecule has 46 heavy (non-hydrogen) atoms. The normalized spacial score (nSPS) is 14.1. The SMILES string of the molecule is CC.CC1(C)CCC(Sc2ccc3c(c2)C(=O)c2ccccc2-3)CC1.CCCN(CCC)c1ccc(F)c(CO)c1F.CS.OO. The molecule has 5 nitrogen and oxygen atoms in total. The molecule has 0 bridgehead atoms. The van der Waals surface area contributed by atoms with Crippen molar-refractivity contribution in [3.05, 3.63) is 82.9 Å². The van der Waals surface area contributed by atoms with Crippen molar-refractivity contribution >= 4 is 35.9 Å². The highest BCUT2D eigenvalue weighted by Gasteiger charge is 2.29. The van der Waals surface area contributed by atoms with Crippen molar-refractivity contribution in [2.75, 3.05) is 24.2 Å². The number of hydrogen-bond donors (Lipinski definition) is 4. The van der Waals surface area contributed by atoms with Gasteiger partial charge in [0, 0.05) is 34.4 Å². The molecule has 2 aliphatic carbocycles. The first-order valence-electron chi connectivity index (χ1n) is 16.1. The Morgan fingerprint density at radius 2 is 1.41 bits per heavy atom. The summed E-state index contributed by atoms with van der Waals surface area (Å²) in [6, 6.07) is 17.0. The zero-order valence-corrected chi connectivity index (χ0v) is 30.2. The molecule has 1 saturated carbocycles. The first-order valence-corrected chi connectivity index (χ1v) is 17.9. The summed E-state index contributed by atoms with van der Waals surface area (Å²) in [6.07, 6.45) is 8.66. The van der Waals surface area contributed by atoms with Crippen molar-refractivity contribution < 1.29 is 29.2 Å². The van der Waals surface area contributed by atoms with Crippen LogP contribution in [0.5, 0.6) is 0 Å². The highest BCUT2D eigenvalue weighted by Crippen LogP contribution is 2.44. The number of anilines is 1. The lowest BCUT2D eigenvalue weighted by Gasteiger charge is -2.34. The summed E-state index contributed by atoms with van der Waals surface area (Å²) in [7, 11) is 0. The lowest BCUT2D eigenvalue weighted by Crippen LogP contribution is -2.26. The molecule has 0 unspecified atom stereocenters. The van der Waals surface area contributed by atoms with Gasteiger partial charge in [0.2, 0.25) is 0 Å². The molecule has 0 heterocycles. The highest BCUT2D eigenvalue weighted by molar-refractivity contribution is 8.00. The zero-order valence-electron chi connectivity index (χ0n) is 28.4. The number of aliphatic hydroxyl groups excluding tert-OH is 1. The van der Waals surface area contributed by atoms with Gasteiger partial charge in [0.1, 0.15) is 5.82 Å². The molecule has 256 valence electrons. The van der Waals surface area contributed by atoms with Gasteiger partial charge in [0.15, 0.2) is 11.6 Å². The number of thioether (sulfide) groups is 1. The van der Waals surface area contributed by atoms with Crippen LogP contribution >= 0.6 is 24.4 Å². The number of halogens is 2. The second-order valence-corrected chi connectivity index (χ2v) is 12.9. The Morgan fingerprint density at radius 3 is 1.96 bits per heavy atom. The highest BCUT2D eigenvalue weighted by atomic mass is 32.2. The van der Waals surface area contributed by atoms with Gasteiger partial charge in [-0.15, -0.1) is 11.8 Å². The molecule has 0 spiro atoms. The number of rotatable bonds is 8. The minimum absolute atomic E-state index is 0.183. The van der Waals surface area contributed by atoms with E-state index in [4.69, 9.17) is 15.6 Å². The smallest absolute Gasteiger partial charge is 0.194 e. The van der Waals surface area contributed by atoms with Crippen molar-refractivity contribution in [1.29, 1.82) is 0 Å². The summed E-state index contributed by atoms with van der Waals surface area (Å²) in [5, 5.41) is 21.7. The predicted molar refractivity (Wildman–Crippen MR) is 194 cm³/mol. The Labute approximate surface area is 284 Å². The molecule has 0 amide bonds. The van der Waals surface area contributed by atoms with Gasteiger partial charge < -0.3 is 10.0 Å². The molecular weight excluding hydrogens is 625 g/mol. The second-order valence-electron chi connectivity index (χ2n) is 11.6. The molecule has 0 atom stereocenters. The third-order valence-corrected chi connectivity index (χ3v) is 9.27. The molecule has 2 aliphatic rings. The third-order valence-electron chi connectivity index (χ3n) is 7.94. The first kappa shape index (κ1) is 41.6. The molecule has 3 aromatic carbocycles. The summed E-state index contributed by atoms with van der Waals surface area (Å²) in [5.41, 5.74) is 4.55. The van der Waals surface area contributed by atoms with E-state index in [0.29, 0.717) is 16.4 Å². The topological polar surface area (TPSA) is 81.0 Å². The van der Waals surface area contributed by atoms with Crippen LogP contribution in [-0.2, 0) is 6.61 Å². The molecule has 9 heteroatoms. The number of aliphatic hydroxyl groups is 1. The van der Waals surface area contributed by atoms with E-state index in [1.54, 1.807) is 6.26 Å². The number of thiol groups is 1. The van der Waals surface area contributed by atoms with Gasteiger partial charge in [-0.05, 0) is 85.6 Å². The maximum Gasteiger partial charge on any atom is 0.194 e. The number of carbonyl (C=O) groups is 1. The van der Waals surface area contributed by atoms with Crippen LogP contribution in [0.1, 0.15) is 102 Å². The number of nitrogens with zero attached hydrogens (tertiary/aromatic N) is 1. The third kappa shape index (κ3) is 11.1. The zero-order chi connectivity index (χ0) is 34.9. The molecule has 1 fully saturated rings. The van der Waals surface area contributed by atoms with Gasteiger partial charge >= 0.3 is 0 Å². The van der Waals surface area contributed by atoms with Crippen LogP contribution in [0.15, 0.2) is 59.5 Å². The van der Waals surface area contributed by atoms with E-state index in [-0.39, 0.29) is 11.3 Å². The summed E-state index contributed by atoms with van der Waals surface area (Å²) in [5.74, 6) is -1.15. The Kier molecular flexibility index (Phi) is 19.4. The molecule has 3 N–H and O–H groups in total. The van der Waals surface area contributed by atoms with Crippen LogP contribution in [0.3, 0.4) is 0 Å². The van der Waals surface area contributed by atoms with E-state index in [2.05, 4.69) is 50.7 Å². The van der Waals surface area contributed by atoms with Gasteiger partial charge in [-0.3, -0.25) is 15.3 Å². The standard InChI is InChI=1S/C21H22OS.C13H19F2NO.C2H6.CH4S.H2O2/c1-21(2)11-9-14(10-12-21)23-15-7-8-17-16-5-3-4-6-18(16)20(22)19(17)13-15;1-3-7-16(8-4-2)12-6-5-11(14)10(9-17)13(12)15;3*1-2/h3-8,13-14H,9-12H2,1-2H3;5-6,17H,3-4,7-9H2,1-2H3;1-2H3;2H,1H3;1-2H. The van der Waals surface area contributed by atoms with Gasteiger partial charge in [0.05, 0.1) is 17.9 Å². The largest absolute Gasteiger partial charge is 0.391 e. The molecule has 0 aliphatic heterocycles. The summed E-state index contributed by atoms with van der Waals surface area (Å²) in [6.45, 7) is 13.6. The lowest BCUT2D eigenvalue weighted by atomic mass is 9.77. The van der Waals surface area contributed by atoms with E-state index >= 15 is 0 Å². The van der Waals surface area contributed by atoms with Crippen LogP contribution in [0.2, 0.25) is 0 Å². The van der Waals surface area contributed by atoms with Crippen LogP contribution < -0.4 is 4.90 Å². The molecule has 0 aromatic heterocycles. The molecular formula is C37H53F2NO4S2. The fraction of sp³-hybridized carbons (Fsp3) is 0.486. The number of carbonyl (C=O) groups excluding carboxylic acids is 1. The molecule has 5 rings (SSSR count). The number of benzene rings is 3. The van der Waals surface area contributed by atoms with E-state index in [9.17, 15) is 13.6 Å². The van der Waals surface area contributed by atoms with Crippen LogP contribution in [0, 0.1) is 17.0 Å². The van der Waals surface area contributed by atoms with E-state index in [1.165, 1.54) is 42.7 Å². The van der Waals surface area contributed by atoms with Crippen molar-refractivity contribution in [3.63, 3.8) is 0 Å². The average molecular weight is 678 g/mol.